The molecule has 0 saturated heterocycles. The zero-order chi connectivity index (χ0) is 68.3. The van der Waals surface area contributed by atoms with Gasteiger partial charge in [0.2, 0.25) is 5.91 Å². The number of phosphoric ester groups is 1. The van der Waals surface area contributed by atoms with Gasteiger partial charge in [0.1, 0.15) is 13.2 Å². The molecule has 9 heteroatoms. The van der Waals surface area contributed by atoms with Crippen LogP contribution in [0.4, 0.5) is 0 Å². The molecule has 8 nitrogen and oxygen atoms in total. The maximum atomic E-state index is 13.1. The fourth-order valence-electron chi connectivity index (χ4n) is 13.3. The minimum atomic E-state index is -4.36. The van der Waals surface area contributed by atoms with Crippen molar-refractivity contribution in [1.29, 1.82) is 0 Å². The molecule has 0 aliphatic rings. The van der Waals surface area contributed by atoms with E-state index < -0.39 is 20.0 Å². The molecule has 3 unspecified atom stereocenters. The molecule has 0 radical (unpaired) electrons. The molecule has 3 N–H and O–H groups in total. The lowest BCUT2D eigenvalue weighted by atomic mass is 10.0. The number of nitrogens with zero attached hydrogens (tertiary/aromatic N) is 1. The van der Waals surface area contributed by atoms with E-state index in [4.69, 9.17) is 9.05 Å². The summed E-state index contributed by atoms with van der Waals surface area (Å²) in [5, 5.41) is 14.1. The predicted octanol–water partition coefficient (Wildman–Crippen LogP) is 27.9. The molecule has 0 rings (SSSR count). The Morgan fingerprint density at radius 1 is 0.362 bits per heavy atom. The number of aliphatic hydroxyl groups excluding tert-OH is 1. The molecule has 0 aromatic rings. The number of allylic oxidation sites excluding steroid dienone is 5. The molecule has 94 heavy (non-hydrogen) atoms. The highest BCUT2D eigenvalue weighted by Gasteiger charge is 2.28. The molecule has 0 fully saturated rings. The summed E-state index contributed by atoms with van der Waals surface area (Å²) in [7, 11) is 1.60. The van der Waals surface area contributed by atoms with Crippen LogP contribution < -0.4 is 5.32 Å². The average molecular weight is 1350 g/mol. The van der Waals surface area contributed by atoms with Crippen molar-refractivity contribution >= 4 is 13.7 Å². The highest BCUT2D eigenvalue weighted by Crippen LogP contribution is 2.43. The van der Waals surface area contributed by atoms with Crippen molar-refractivity contribution < 1.29 is 32.9 Å². The number of carbonyl (C=O) groups excluding carboxylic acids is 1. The van der Waals surface area contributed by atoms with Gasteiger partial charge in [0.25, 0.3) is 0 Å². The smallest absolute Gasteiger partial charge is 0.387 e. The summed E-state index contributed by atoms with van der Waals surface area (Å²) in [4.78, 5) is 23.5. The zero-order valence-corrected chi connectivity index (χ0v) is 65.1. The third-order valence-electron chi connectivity index (χ3n) is 19.9. The minimum absolute atomic E-state index is 0.0646. The normalized spacial score (nSPS) is 13.6. The van der Waals surface area contributed by atoms with Gasteiger partial charge in [-0.15, -0.1) is 0 Å². The van der Waals surface area contributed by atoms with Gasteiger partial charge in [-0.1, -0.05) is 429 Å². The van der Waals surface area contributed by atoms with Gasteiger partial charge >= 0.3 is 7.82 Å². The van der Waals surface area contributed by atoms with Crippen LogP contribution in [0, 0.1) is 0 Å². The monoisotopic (exact) mass is 1340 g/mol. The lowest BCUT2D eigenvalue weighted by Gasteiger charge is -2.25. The second-order valence-corrected chi connectivity index (χ2v) is 32.0. The Morgan fingerprint density at radius 3 is 0.872 bits per heavy atom. The highest BCUT2D eigenvalue weighted by molar-refractivity contribution is 7.47. The van der Waals surface area contributed by atoms with Gasteiger partial charge < -0.3 is 19.8 Å². The number of amides is 1. The molecule has 0 aliphatic heterocycles. The summed E-state index contributed by atoms with van der Waals surface area (Å²) < 4.78 is 23.9. The first-order valence-corrected chi connectivity index (χ1v) is 43.9. The third kappa shape index (κ3) is 78.1. The average Bonchev–Trinajstić information content (AvgIpc) is 1.77. The van der Waals surface area contributed by atoms with E-state index >= 15 is 0 Å². The zero-order valence-electron chi connectivity index (χ0n) is 64.2. The third-order valence-corrected chi connectivity index (χ3v) is 20.8. The largest absolute Gasteiger partial charge is 0.472 e. The minimum Gasteiger partial charge on any atom is -0.387 e. The molecule has 1 amide bonds. The van der Waals surface area contributed by atoms with Crippen molar-refractivity contribution in [3.05, 3.63) is 36.5 Å². The second kappa shape index (κ2) is 75.9. The van der Waals surface area contributed by atoms with Gasteiger partial charge in [-0.25, -0.2) is 4.57 Å². The number of nitrogens with one attached hydrogen (secondary N) is 1. The number of hydrogen-bond acceptors (Lipinski definition) is 5. The Labute approximate surface area is 588 Å². The van der Waals surface area contributed by atoms with E-state index in [0.717, 1.165) is 38.5 Å². The quantitative estimate of drug-likeness (QED) is 0.0243. The van der Waals surface area contributed by atoms with Gasteiger partial charge in [-0.3, -0.25) is 13.8 Å². The molecule has 0 bridgehead atoms. The Morgan fingerprint density at radius 2 is 0.606 bits per heavy atom. The number of carbonyl (C=O) groups is 1. The van der Waals surface area contributed by atoms with E-state index in [9.17, 15) is 19.4 Å². The van der Waals surface area contributed by atoms with Crippen LogP contribution in [0.25, 0.3) is 0 Å². The van der Waals surface area contributed by atoms with Crippen LogP contribution in [0.2, 0.25) is 0 Å². The molecule has 0 aromatic heterocycles. The molecular weight excluding hydrogens is 1180 g/mol. The van der Waals surface area contributed by atoms with E-state index in [1.54, 1.807) is 6.08 Å². The molecule has 558 valence electrons. The highest BCUT2D eigenvalue weighted by atomic mass is 31.2. The first-order valence-electron chi connectivity index (χ1n) is 42.4. The summed E-state index contributed by atoms with van der Waals surface area (Å²) >= 11 is 0. The van der Waals surface area contributed by atoms with Gasteiger partial charge in [0, 0.05) is 6.42 Å². The molecule has 0 heterocycles. The molecular formula is C85H168N2O6P+. The maximum Gasteiger partial charge on any atom is 0.472 e. The standard InChI is InChI=1S/C85H167N2O6P/c1-6-8-10-12-14-16-18-20-22-24-26-28-30-32-34-36-38-39-40-41-42-43-44-45-46-47-49-51-53-55-57-59-61-63-65-67-69-71-73-75-77-79-85(89)86-83(82-93-94(90,91)92-81-80-87(3,4)5)84(88)78-76-74-72-70-68-66-64-62-60-58-56-54-52-50-48-37-35-33-31-29-27-25-23-21-19-17-15-13-11-9-7-2/h18,20,24,26,76,78,83-84,88H,6-17,19,21-23,25,27-75,77,79-82H2,1-5H3,(H-,86,89,90,91)/p+1/b20-18-,26-24-,78-76+. The van der Waals surface area contributed by atoms with Crippen molar-refractivity contribution in [2.24, 2.45) is 0 Å². The van der Waals surface area contributed by atoms with Crippen molar-refractivity contribution in [3.8, 4) is 0 Å². The molecule has 0 saturated carbocycles. The molecule has 3 atom stereocenters. The predicted molar refractivity (Wildman–Crippen MR) is 415 cm³/mol. The van der Waals surface area contributed by atoms with Crippen LogP contribution in [0.5, 0.6) is 0 Å². The maximum absolute atomic E-state index is 13.1. The van der Waals surface area contributed by atoms with E-state index in [2.05, 4.69) is 43.5 Å². The number of likely N-dealkylation sites (N-methyl/N-ethyl adjacent to an activating group) is 1. The first-order chi connectivity index (χ1) is 46.0. The van der Waals surface area contributed by atoms with Crippen LogP contribution >= 0.6 is 7.82 Å². The van der Waals surface area contributed by atoms with Crippen LogP contribution in [0.15, 0.2) is 36.5 Å². The van der Waals surface area contributed by atoms with Crippen molar-refractivity contribution in [2.45, 2.75) is 463 Å². The van der Waals surface area contributed by atoms with Crippen LogP contribution in [-0.2, 0) is 18.4 Å². The molecule has 0 spiro atoms. The van der Waals surface area contributed by atoms with Crippen molar-refractivity contribution in [1.82, 2.24) is 5.32 Å². The number of hydrogen-bond donors (Lipinski definition) is 3. The summed E-state index contributed by atoms with van der Waals surface area (Å²) in [6.45, 7) is 4.88. The Kier molecular flexibility index (Phi) is 74.9. The van der Waals surface area contributed by atoms with Crippen LogP contribution in [-0.4, -0.2) is 73.4 Å². The van der Waals surface area contributed by atoms with Gasteiger partial charge in [0.05, 0.1) is 39.9 Å². The van der Waals surface area contributed by atoms with E-state index in [1.807, 2.05) is 27.2 Å². The number of unbranched alkanes of at least 4 members (excludes halogenated alkanes) is 63. The Hall–Kier alpha value is -1.28. The van der Waals surface area contributed by atoms with E-state index in [0.29, 0.717) is 17.4 Å². The van der Waals surface area contributed by atoms with Crippen molar-refractivity contribution in [2.75, 3.05) is 40.9 Å². The van der Waals surface area contributed by atoms with Crippen LogP contribution in [0.3, 0.4) is 0 Å². The number of phosphoric acid groups is 1. The summed E-state index contributed by atoms with van der Waals surface area (Å²) in [5.41, 5.74) is 0. The van der Waals surface area contributed by atoms with E-state index in [-0.39, 0.29) is 19.1 Å². The summed E-state index contributed by atoms with van der Waals surface area (Å²) in [6.07, 6.45) is 104. The number of rotatable bonds is 80. The molecule has 0 aromatic carbocycles. The molecule has 0 aliphatic carbocycles. The number of aliphatic hydroxyl groups is 1. The van der Waals surface area contributed by atoms with Gasteiger partial charge in [-0.05, 0) is 51.4 Å². The van der Waals surface area contributed by atoms with E-state index in [1.165, 1.54) is 392 Å². The lowest BCUT2D eigenvalue weighted by Crippen LogP contribution is -2.45. The Bertz CT molecular complexity index is 1630. The summed E-state index contributed by atoms with van der Waals surface area (Å²) in [5.74, 6) is -0.166. The van der Waals surface area contributed by atoms with Crippen LogP contribution in [0.1, 0.15) is 450 Å². The lowest BCUT2D eigenvalue weighted by molar-refractivity contribution is -0.870. The fraction of sp³-hybridized carbons (Fsp3) is 0.918. The number of quaternary nitrogens is 1. The SMILES string of the molecule is CCCCCCC/C=C\C/C=C\CCCCCCCCCCCCCCCCCCCCCCCCCCCCCCCC(=O)NC(COP(=O)(O)OCC[N+](C)(C)C)C(O)/C=C/CCCCCCCCCCCCCCCCCCCCCCCCCCCCCCC. The second-order valence-electron chi connectivity index (χ2n) is 30.6. The van der Waals surface area contributed by atoms with Gasteiger partial charge in [0.15, 0.2) is 0 Å². The summed E-state index contributed by atoms with van der Waals surface area (Å²) in [6, 6.07) is -0.847. The van der Waals surface area contributed by atoms with Crippen molar-refractivity contribution in [3.63, 3.8) is 0 Å². The Balaban J connectivity index is 3.89. The first kappa shape index (κ1) is 92.7. The fourth-order valence-corrected chi connectivity index (χ4v) is 14.1. The topological polar surface area (TPSA) is 105 Å². The van der Waals surface area contributed by atoms with Gasteiger partial charge in [-0.2, -0.15) is 0 Å².